The van der Waals surface area contributed by atoms with Crippen LogP contribution < -0.4 is 14.2 Å². The van der Waals surface area contributed by atoms with Crippen molar-refractivity contribution in [2.24, 2.45) is 0 Å². The number of aryl methyl sites for hydroxylation is 1. The van der Waals surface area contributed by atoms with Gasteiger partial charge in [0.2, 0.25) is 0 Å². The summed E-state index contributed by atoms with van der Waals surface area (Å²) in [6.45, 7) is 2.64. The van der Waals surface area contributed by atoms with Gasteiger partial charge in [-0.2, -0.15) is 0 Å². The van der Waals surface area contributed by atoms with Crippen molar-refractivity contribution in [3.05, 3.63) is 54.1 Å². The molecule has 0 aromatic heterocycles. The van der Waals surface area contributed by atoms with E-state index in [1.165, 1.54) is 5.56 Å². The Morgan fingerprint density at radius 2 is 1.81 bits per heavy atom. The number of hydrogen-bond donors (Lipinski definition) is 1. The molecular weight excluding hydrogens is 342 g/mol. The highest BCUT2D eigenvalue weighted by Crippen LogP contribution is 2.32. The average molecular weight is 371 g/mol. The zero-order valence-electron chi connectivity index (χ0n) is 16.1. The van der Waals surface area contributed by atoms with Crippen LogP contribution in [0.15, 0.2) is 48.5 Å². The molecule has 2 aromatic carbocycles. The molecule has 0 amide bonds. The summed E-state index contributed by atoms with van der Waals surface area (Å²) in [5, 5.41) is 10.4. The minimum atomic E-state index is -0.455. The molecule has 1 aliphatic rings. The molecule has 1 heterocycles. The van der Waals surface area contributed by atoms with Crippen molar-refractivity contribution in [3.8, 4) is 17.2 Å². The van der Waals surface area contributed by atoms with Gasteiger partial charge in [0.05, 0.1) is 20.3 Å². The summed E-state index contributed by atoms with van der Waals surface area (Å²) < 4.78 is 16.7. The molecule has 27 heavy (non-hydrogen) atoms. The molecule has 0 radical (unpaired) electrons. The van der Waals surface area contributed by atoms with Gasteiger partial charge in [0.25, 0.3) is 0 Å². The van der Waals surface area contributed by atoms with Crippen molar-refractivity contribution >= 4 is 0 Å². The zero-order chi connectivity index (χ0) is 19.1. The standard InChI is InChI=1S/C22H29NO4/c1-25-20-11-10-18(15-21(20)26-2)27-22-16-23(14-12-19(22)24)13-6-9-17-7-4-3-5-8-17/h3-5,7-8,10-11,15,19,22,24H,6,9,12-14,16H2,1-2H3/t19-,22-/m1/s1. The first-order chi connectivity index (χ1) is 13.2. The number of methoxy groups -OCH3 is 2. The minimum Gasteiger partial charge on any atom is -0.493 e. The molecule has 3 rings (SSSR count). The lowest BCUT2D eigenvalue weighted by molar-refractivity contribution is -0.0247. The molecule has 5 nitrogen and oxygen atoms in total. The predicted molar refractivity (Wildman–Crippen MR) is 106 cm³/mol. The maximum absolute atomic E-state index is 10.4. The van der Waals surface area contributed by atoms with Crippen LogP contribution in [0, 0.1) is 0 Å². The molecule has 0 spiro atoms. The first-order valence-corrected chi connectivity index (χ1v) is 9.52. The number of piperidine rings is 1. The third-order valence-corrected chi connectivity index (χ3v) is 5.03. The van der Waals surface area contributed by atoms with Gasteiger partial charge in [-0.3, -0.25) is 4.90 Å². The Morgan fingerprint density at radius 1 is 1.04 bits per heavy atom. The molecule has 1 aliphatic heterocycles. The molecule has 5 heteroatoms. The molecule has 1 saturated heterocycles. The Balaban J connectivity index is 1.54. The van der Waals surface area contributed by atoms with Crippen molar-refractivity contribution < 1.29 is 19.3 Å². The first kappa shape index (κ1) is 19.5. The van der Waals surface area contributed by atoms with E-state index in [0.29, 0.717) is 17.2 Å². The summed E-state index contributed by atoms with van der Waals surface area (Å²) in [6.07, 6.45) is 2.20. The van der Waals surface area contributed by atoms with Gasteiger partial charge >= 0.3 is 0 Å². The van der Waals surface area contributed by atoms with Crippen LogP contribution in [0.25, 0.3) is 0 Å². The second kappa shape index (κ2) is 9.62. The Labute approximate surface area is 161 Å². The summed E-state index contributed by atoms with van der Waals surface area (Å²) in [5.41, 5.74) is 1.37. The van der Waals surface area contributed by atoms with Gasteiger partial charge in [0.15, 0.2) is 11.5 Å². The van der Waals surface area contributed by atoms with Crippen LogP contribution in [-0.2, 0) is 6.42 Å². The van der Waals surface area contributed by atoms with Crippen molar-refractivity contribution in [3.63, 3.8) is 0 Å². The maximum atomic E-state index is 10.4. The monoisotopic (exact) mass is 371 g/mol. The molecule has 0 saturated carbocycles. The lowest BCUT2D eigenvalue weighted by atomic mass is 10.0. The number of nitrogens with zero attached hydrogens (tertiary/aromatic N) is 1. The van der Waals surface area contributed by atoms with Gasteiger partial charge in [0.1, 0.15) is 11.9 Å². The molecule has 1 fully saturated rings. The van der Waals surface area contributed by atoms with E-state index in [2.05, 4.69) is 29.2 Å². The highest BCUT2D eigenvalue weighted by Gasteiger charge is 2.29. The number of likely N-dealkylation sites (tertiary alicyclic amines) is 1. The van der Waals surface area contributed by atoms with Crippen LogP contribution in [-0.4, -0.2) is 56.1 Å². The normalized spacial score (nSPS) is 20.3. The number of hydrogen-bond acceptors (Lipinski definition) is 5. The van der Waals surface area contributed by atoms with Crippen LogP contribution in [0.3, 0.4) is 0 Å². The van der Waals surface area contributed by atoms with E-state index in [9.17, 15) is 5.11 Å². The highest BCUT2D eigenvalue weighted by molar-refractivity contribution is 5.45. The SMILES string of the molecule is COc1ccc(O[C@@H]2CN(CCCc3ccccc3)CC[C@H]2O)cc1OC. The van der Waals surface area contributed by atoms with E-state index in [1.54, 1.807) is 20.3 Å². The smallest absolute Gasteiger partial charge is 0.164 e. The van der Waals surface area contributed by atoms with Gasteiger partial charge in [-0.25, -0.2) is 0 Å². The molecule has 2 atom stereocenters. The number of aliphatic hydroxyl groups is 1. The number of aliphatic hydroxyl groups excluding tert-OH is 1. The quantitative estimate of drug-likeness (QED) is 0.773. The van der Waals surface area contributed by atoms with Crippen LogP contribution >= 0.6 is 0 Å². The molecule has 146 valence electrons. The number of benzene rings is 2. The Bertz CT molecular complexity index is 707. The van der Waals surface area contributed by atoms with Gasteiger partial charge in [-0.05, 0) is 43.5 Å². The molecule has 0 bridgehead atoms. The van der Waals surface area contributed by atoms with E-state index in [-0.39, 0.29) is 6.10 Å². The van der Waals surface area contributed by atoms with Crippen LogP contribution in [0.4, 0.5) is 0 Å². The molecule has 0 unspecified atom stereocenters. The highest BCUT2D eigenvalue weighted by atomic mass is 16.5. The van der Waals surface area contributed by atoms with Gasteiger partial charge in [-0.1, -0.05) is 30.3 Å². The van der Waals surface area contributed by atoms with Crippen molar-refractivity contribution in [1.29, 1.82) is 0 Å². The maximum Gasteiger partial charge on any atom is 0.164 e. The van der Waals surface area contributed by atoms with E-state index in [0.717, 1.165) is 38.9 Å². The van der Waals surface area contributed by atoms with Crippen LogP contribution in [0.2, 0.25) is 0 Å². The fraction of sp³-hybridized carbons (Fsp3) is 0.455. The lowest BCUT2D eigenvalue weighted by Gasteiger charge is -2.36. The predicted octanol–water partition coefficient (Wildman–Crippen LogP) is 3.15. The van der Waals surface area contributed by atoms with Gasteiger partial charge in [-0.15, -0.1) is 0 Å². The summed E-state index contributed by atoms with van der Waals surface area (Å²) in [6, 6.07) is 16.0. The van der Waals surface area contributed by atoms with Gasteiger partial charge in [0, 0.05) is 19.2 Å². The van der Waals surface area contributed by atoms with Crippen molar-refractivity contribution in [2.45, 2.75) is 31.5 Å². The summed E-state index contributed by atoms with van der Waals surface area (Å²) in [7, 11) is 3.21. The Morgan fingerprint density at radius 3 is 2.56 bits per heavy atom. The van der Waals surface area contributed by atoms with E-state index in [1.807, 2.05) is 18.2 Å². The van der Waals surface area contributed by atoms with Crippen molar-refractivity contribution in [1.82, 2.24) is 4.90 Å². The first-order valence-electron chi connectivity index (χ1n) is 9.52. The molecule has 2 aromatic rings. The third kappa shape index (κ3) is 5.37. The molecule has 1 N–H and O–H groups in total. The number of ether oxygens (including phenoxy) is 3. The fourth-order valence-electron chi connectivity index (χ4n) is 3.50. The fourth-order valence-corrected chi connectivity index (χ4v) is 3.50. The average Bonchev–Trinajstić information content (AvgIpc) is 2.71. The zero-order valence-corrected chi connectivity index (χ0v) is 16.1. The number of rotatable bonds is 8. The van der Waals surface area contributed by atoms with E-state index >= 15 is 0 Å². The summed E-state index contributed by atoms with van der Waals surface area (Å²) in [4.78, 5) is 2.38. The van der Waals surface area contributed by atoms with Crippen LogP contribution in [0.1, 0.15) is 18.4 Å². The Hall–Kier alpha value is -2.24. The molecular formula is C22H29NO4. The topological polar surface area (TPSA) is 51.2 Å². The van der Waals surface area contributed by atoms with E-state index < -0.39 is 6.10 Å². The van der Waals surface area contributed by atoms with Crippen molar-refractivity contribution in [2.75, 3.05) is 33.9 Å². The molecule has 0 aliphatic carbocycles. The lowest BCUT2D eigenvalue weighted by Crippen LogP contribution is -2.49. The minimum absolute atomic E-state index is 0.242. The van der Waals surface area contributed by atoms with Gasteiger partial charge < -0.3 is 19.3 Å². The largest absolute Gasteiger partial charge is 0.493 e. The van der Waals surface area contributed by atoms with Crippen LogP contribution in [0.5, 0.6) is 17.2 Å². The summed E-state index contributed by atoms with van der Waals surface area (Å²) in [5.74, 6) is 1.97. The Kier molecular flexibility index (Phi) is 6.96. The second-order valence-corrected chi connectivity index (χ2v) is 6.92. The third-order valence-electron chi connectivity index (χ3n) is 5.03. The van der Waals surface area contributed by atoms with E-state index in [4.69, 9.17) is 14.2 Å². The second-order valence-electron chi connectivity index (χ2n) is 6.92. The summed E-state index contributed by atoms with van der Waals surface area (Å²) >= 11 is 0.